The molecule has 0 saturated carbocycles. The summed E-state index contributed by atoms with van der Waals surface area (Å²) in [7, 11) is 0. The van der Waals surface area contributed by atoms with Crippen LogP contribution in [0.1, 0.15) is 11.1 Å². The van der Waals surface area contributed by atoms with Crippen molar-refractivity contribution in [3.8, 4) is 11.5 Å². The Hall–Kier alpha value is -2.59. The maximum atomic E-state index is 5.80. The highest BCUT2D eigenvalue weighted by atomic mass is 32.2. The van der Waals surface area contributed by atoms with Gasteiger partial charge in [-0.3, -0.25) is 0 Å². The summed E-state index contributed by atoms with van der Waals surface area (Å²) in [5.41, 5.74) is 3.41. The van der Waals surface area contributed by atoms with Crippen LogP contribution < -0.4 is 0 Å². The molecule has 0 aliphatic carbocycles. The molecule has 0 atom stereocenters. The normalized spacial score (nSPS) is 11.0. The number of fused-ring (bicyclic) bond motifs is 1. The topological polar surface area (TPSA) is 38.9 Å². The Kier molecular flexibility index (Phi) is 4.05. The number of aryl methyl sites for hydroxylation is 1. The summed E-state index contributed by atoms with van der Waals surface area (Å²) >= 11 is 1.57. The molecule has 1 heterocycles. The molecule has 0 fully saturated rings. The Morgan fingerprint density at radius 2 is 1.75 bits per heavy atom. The summed E-state index contributed by atoms with van der Waals surface area (Å²) in [6.07, 6.45) is 0. The van der Waals surface area contributed by atoms with E-state index in [0.29, 0.717) is 11.1 Å². The summed E-state index contributed by atoms with van der Waals surface area (Å²) in [5, 5.41) is 11.4. The van der Waals surface area contributed by atoms with Crippen LogP contribution in [0.15, 0.2) is 76.4 Å². The number of rotatable bonds is 4. The smallest absolute Gasteiger partial charge is 0.277 e. The SMILES string of the molecule is Cc1cccc(-c2nnc(SCc3cccc4ccccc34)o2)c1. The van der Waals surface area contributed by atoms with E-state index in [4.69, 9.17) is 4.42 Å². The molecule has 0 aliphatic rings. The molecule has 118 valence electrons. The minimum absolute atomic E-state index is 0.569. The maximum Gasteiger partial charge on any atom is 0.277 e. The van der Waals surface area contributed by atoms with Crippen molar-refractivity contribution in [2.75, 3.05) is 0 Å². The van der Waals surface area contributed by atoms with Crippen LogP contribution in [0.4, 0.5) is 0 Å². The lowest BCUT2D eigenvalue weighted by Crippen LogP contribution is -1.84. The quantitative estimate of drug-likeness (QED) is 0.463. The number of nitrogens with zero attached hydrogens (tertiary/aromatic N) is 2. The van der Waals surface area contributed by atoms with Crippen LogP contribution in [0, 0.1) is 6.92 Å². The number of thioether (sulfide) groups is 1. The Balaban J connectivity index is 1.54. The summed E-state index contributed by atoms with van der Waals surface area (Å²) in [5.74, 6) is 1.37. The van der Waals surface area contributed by atoms with Gasteiger partial charge in [-0.05, 0) is 35.4 Å². The van der Waals surface area contributed by atoms with Gasteiger partial charge in [-0.1, -0.05) is 71.9 Å². The van der Waals surface area contributed by atoms with Crippen LogP contribution in [0.25, 0.3) is 22.2 Å². The molecule has 3 aromatic carbocycles. The van der Waals surface area contributed by atoms with Gasteiger partial charge in [-0.25, -0.2) is 0 Å². The minimum Gasteiger partial charge on any atom is -0.411 e. The fourth-order valence-corrected chi connectivity index (χ4v) is 3.49. The van der Waals surface area contributed by atoms with Crippen LogP contribution in [-0.2, 0) is 5.75 Å². The van der Waals surface area contributed by atoms with E-state index in [1.807, 2.05) is 18.2 Å². The molecule has 0 amide bonds. The lowest BCUT2D eigenvalue weighted by molar-refractivity contribution is 0.466. The van der Waals surface area contributed by atoms with E-state index in [1.54, 1.807) is 11.8 Å². The molecule has 0 aliphatic heterocycles. The summed E-state index contributed by atoms with van der Waals surface area (Å²) in [6.45, 7) is 2.05. The van der Waals surface area contributed by atoms with E-state index < -0.39 is 0 Å². The second kappa shape index (κ2) is 6.49. The average molecular weight is 332 g/mol. The molecular formula is C20H16N2OS. The predicted molar refractivity (Wildman–Crippen MR) is 98.0 cm³/mol. The van der Waals surface area contributed by atoms with E-state index in [0.717, 1.165) is 11.3 Å². The van der Waals surface area contributed by atoms with Gasteiger partial charge in [0.2, 0.25) is 5.89 Å². The molecule has 0 spiro atoms. The molecule has 0 radical (unpaired) electrons. The van der Waals surface area contributed by atoms with Gasteiger partial charge in [0.15, 0.2) is 0 Å². The standard InChI is InChI=1S/C20H16N2OS/c1-14-6-4-9-16(12-14)19-21-22-20(23-19)24-13-17-10-5-8-15-7-2-3-11-18(15)17/h2-12H,13H2,1H3. The highest BCUT2D eigenvalue weighted by molar-refractivity contribution is 7.98. The molecule has 0 unspecified atom stereocenters. The number of hydrogen-bond donors (Lipinski definition) is 0. The van der Waals surface area contributed by atoms with Gasteiger partial charge in [0.1, 0.15) is 0 Å². The van der Waals surface area contributed by atoms with Crippen LogP contribution in [0.5, 0.6) is 0 Å². The average Bonchev–Trinajstić information content (AvgIpc) is 3.09. The van der Waals surface area contributed by atoms with Crippen molar-refractivity contribution in [3.63, 3.8) is 0 Å². The zero-order valence-corrected chi connectivity index (χ0v) is 14.1. The monoisotopic (exact) mass is 332 g/mol. The highest BCUT2D eigenvalue weighted by Gasteiger charge is 2.10. The molecule has 1 aromatic heterocycles. The zero-order valence-electron chi connectivity index (χ0n) is 13.3. The van der Waals surface area contributed by atoms with Gasteiger partial charge in [0.25, 0.3) is 5.22 Å². The zero-order chi connectivity index (χ0) is 16.4. The lowest BCUT2D eigenvalue weighted by atomic mass is 10.1. The third-order valence-electron chi connectivity index (χ3n) is 3.90. The minimum atomic E-state index is 0.569. The molecule has 24 heavy (non-hydrogen) atoms. The third kappa shape index (κ3) is 3.05. The highest BCUT2D eigenvalue weighted by Crippen LogP contribution is 2.28. The Morgan fingerprint density at radius 3 is 2.67 bits per heavy atom. The van der Waals surface area contributed by atoms with Crippen molar-refractivity contribution in [2.45, 2.75) is 17.9 Å². The van der Waals surface area contributed by atoms with Gasteiger partial charge in [-0.15, -0.1) is 10.2 Å². The Bertz CT molecular complexity index is 988. The first-order valence-corrected chi connectivity index (χ1v) is 8.78. The van der Waals surface area contributed by atoms with E-state index in [-0.39, 0.29) is 0 Å². The van der Waals surface area contributed by atoms with Crippen molar-refractivity contribution in [1.82, 2.24) is 10.2 Å². The van der Waals surface area contributed by atoms with Gasteiger partial charge in [-0.2, -0.15) is 0 Å². The van der Waals surface area contributed by atoms with Crippen LogP contribution in [-0.4, -0.2) is 10.2 Å². The van der Waals surface area contributed by atoms with Crippen molar-refractivity contribution >= 4 is 22.5 Å². The van der Waals surface area contributed by atoms with Crippen molar-refractivity contribution in [2.24, 2.45) is 0 Å². The Morgan fingerprint density at radius 1 is 0.917 bits per heavy atom. The van der Waals surface area contributed by atoms with Gasteiger partial charge in [0.05, 0.1) is 0 Å². The lowest BCUT2D eigenvalue weighted by Gasteiger charge is -2.04. The van der Waals surface area contributed by atoms with Gasteiger partial charge in [0, 0.05) is 11.3 Å². The molecule has 4 heteroatoms. The molecule has 0 saturated heterocycles. The second-order valence-corrected chi connectivity index (χ2v) is 6.60. The molecular weight excluding hydrogens is 316 g/mol. The molecule has 3 nitrogen and oxygen atoms in total. The number of hydrogen-bond acceptors (Lipinski definition) is 4. The fraction of sp³-hybridized carbons (Fsp3) is 0.100. The van der Waals surface area contributed by atoms with Crippen molar-refractivity contribution in [1.29, 1.82) is 0 Å². The number of benzene rings is 3. The Labute approximate surface area is 144 Å². The van der Waals surface area contributed by atoms with Crippen molar-refractivity contribution < 1.29 is 4.42 Å². The van der Waals surface area contributed by atoms with Crippen LogP contribution in [0.2, 0.25) is 0 Å². The fourth-order valence-electron chi connectivity index (χ4n) is 2.72. The molecule has 0 bridgehead atoms. The van der Waals surface area contributed by atoms with E-state index in [2.05, 4.69) is 65.7 Å². The maximum absolute atomic E-state index is 5.80. The largest absolute Gasteiger partial charge is 0.411 e. The summed E-state index contributed by atoms with van der Waals surface area (Å²) in [4.78, 5) is 0. The molecule has 4 aromatic rings. The van der Waals surface area contributed by atoms with Gasteiger partial charge >= 0.3 is 0 Å². The van der Waals surface area contributed by atoms with Crippen LogP contribution in [0.3, 0.4) is 0 Å². The third-order valence-corrected chi connectivity index (χ3v) is 4.77. The second-order valence-electron chi connectivity index (χ2n) is 5.67. The molecule has 0 N–H and O–H groups in total. The summed E-state index contributed by atoms with van der Waals surface area (Å²) < 4.78 is 5.80. The van der Waals surface area contributed by atoms with Gasteiger partial charge < -0.3 is 4.42 Å². The van der Waals surface area contributed by atoms with Crippen LogP contribution >= 0.6 is 11.8 Å². The van der Waals surface area contributed by atoms with Crippen molar-refractivity contribution in [3.05, 3.63) is 77.9 Å². The van der Waals surface area contributed by atoms with E-state index in [9.17, 15) is 0 Å². The summed E-state index contributed by atoms with van der Waals surface area (Å²) in [6, 6.07) is 22.9. The first-order valence-electron chi connectivity index (χ1n) is 7.79. The van der Waals surface area contributed by atoms with E-state index >= 15 is 0 Å². The first kappa shape index (κ1) is 15.0. The number of aromatic nitrogens is 2. The van der Waals surface area contributed by atoms with E-state index in [1.165, 1.54) is 21.9 Å². The molecule has 4 rings (SSSR count). The predicted octanol–water partition coefficient (Wildman–Crippen LogP) is 5.49. The first-order chi connectivity index (χ1) is 11.8.